The largest absolute Gasteiger partial charge is 0.293 e. The molecule has 0 N–H and O–H groups in total. The van der Waals surface area contributed by atoms with Crippen molar-refractivity contribution in [2.45, 2.75) is 26.7 Å². The maximum absolute atomic E-state index is 11.4. The molecule has 0 aliphatic carbocycles. The van der Waals surface area contributed by atoms with Crippen LogP contribution in [0.15, 0.2) is 24.3 Å². The van der Waals surface area contributed by atoms with Gasteiger partial charge in [-0.05, 0) is 24.3 Å². The van der Waals surface area contributed by atoms with Crippen molar-refractivity contribution >= 4 is 28.4 Å². The average molecular weight is 316 g/mol. The number of benzene rings is 1. The second-order valence-corrected chi connectivity index (χ2v) is 4.95. The lowest BCUT2D eigenvalue weighted by molar-refractivity contribution is 0.102. The van der Waals surface area contributed by atoms with Crippen LogP contribution in [0.2, 0.25) is 0 Å². The molecule has 0 aliphatic rings. The number of carbonyl (C=O) groups excluding carboxylic acids is 1. The lowest BCUT2D eigenvalue weighted by Crippen LogP contribution is -2.00. The first-order valence-electron chi connectivity index (χ1n) is 5.31. The third-order valence-corrected chi connectivity index (χ3v) is 3.10. The van der Waals surface area contributed by atoms with Crippen molar-refractivity contribution in [1.82, 2.24) is 0 Å². The van der Waals surface area contributed by atoms with E-state index in [4.69, 9.17) is 0 Å². The smallest absolute Gasteiger partial charge is 0.172 e. The molecule has 2 heteroatoms. The summed E-state index contributed by atoms with van der Waals surface area (Å²) in [4.78, 5) is 11.4. The fraction of sp³-hybridized carbons (Fsp3) is 0.462. The van der Waals surface area contributed by atoms with Crippen LogP contribution in [-0.4, -0.2) is 10.2 Å². The molecule has 0 saturated heterocycles. The van der Waals surface area contributed by atoms with Crippen LogP contribution in [0.3, 0.4) is 0 Å². The number of hydrogen-bond acceptors (Lipinski definition) is 1. The first-order valence-corrected chi connectivity index (χ1v) is 6.84. The Labute approximate surface area is 105 Å². The third-order valence-electron chi connectivity index (χ3n) is 2.41. The van der Waals surface area contributed by atoms with E-state index in [9.17, 15) is 4.79 Å². The second kappa shape index (κ2) is 6.26. The highest BCUT2D eigenvalue weighted by molar-refractivity contribution is 14.1. The molecule has 1 aromatic rings. The Morgan fingerprint density at radius 3 is 2.33 bits per heavy atom. The minimum absolute atomic E-state index is 0.214. The first-order chi connectivity index (χ1) is 7.13. The van der Waals surface area contributed by atoms with Gasteiger partial charge in [0.05, 0.1) is 4.43 Å². The minimum atomic E-state index is 0.214. The molecule has 0 amide bonds. The molecule has 0 spiro atoms. The fourth-order valence-electron chi connectivity index (χ4n) is 1.39. The van der Waals surface area contributed by atoms with Gasteiger partial charge in [-0.25, -0.2) is 0 Å². The lowest BCUT2D eigenvalue weighted by atomic mass is 10.0. The summed E-state index contributed by atoms with van der Waals surface area (Å²) in [5, 5.41) is 0. The monoisotopic (exact) mass is 316 g/mol. The van der Waals surface area contributed by atoms with Crippen LogP contribution in [-0.2, 0) is 6.42 Å². The molecule has 0 heterocycles. The van der Waals surface area contributed by atoms with Crippen LogP contribution < -0.4 is 0 Å². The van der Waals surface area contributed by atoms with Crippen molar-refractivity contribution in [3.63, 3.8) is 0 Å². The lowest BCUT2D eigenvalue weighted by Gasteiger charge is -2.05. The molecular formula is C13H17IO. The van der Waals surface area contributed by atoms with Crippen molar-refractivity contribution in [3.05, 3.63) is 35.4 Å². The van der Waals surface area contributed by atoms with Gasteiger partial charge in [0.15, 0.2) is 5.78 Å². The topological polar surface area (TPSA) is 17.1 Å². The zero-order chi connectivity index (χ0) is 11.3. The van der Waals surface area contributed by atoms with Gasteiger partial charge in [-0.15, -0.1) is 0 Å². The van der Waals surface area contributed by atoms with E-state index in [0.29, 0.717) is 4.43 Å². The normalized spacial score (nSPS) is 10.7. The number of alkyl halides is 1. The van der Waals surface area contributed by atoms with E-state index >= 15 is 0 Å². The first kappa shape index (κ1) is 12.7. The molecule has 15 heavy (non-hydrogen) atoms. The van der Waals surface area contributed by atoms with Gasteiger partial charge in [0, 0.05) is 5.56 Å². The molecule has 0 unspecified atom stereocenters. The summed E-state index contributed by atoms with van der Waals surface area (Å²) in [6.45, 7) is 4.46. The van der Waals surface area contributed by atoms with E-state index in [2.05, 4.69) is 48.6 Å². The van der Waals surface area contributed by atoms with Crippen molar-refractivity contribution in [1.29, 1.82) is 0 Å². The standard InChI is InChI=1S/C13H17IO/c1-10(2)3-4-11-5-7-12(8-6-11)13(15)9-14/h5-8,10H,3-4,9H2,1-2H3. The van der Waals surface area contributed by atoms with E-state index in [1.165, 1.54) is 12.0 Å². The maximum atomic E-state index is 11.4. The highest BCUT2D eigenvalue weighted by Crippen LogP contribution is 2.11. The number of rotatable bonds is 5. The van der Waals surface area contributed by atoms with Crippen LogP contribution in [0, 0.1) is 5.92 Å². The van der Waals surface area contributed by atoms with E-state index in [1.54, 1.807) is 0 Å². The van der Waals surface area contributed by atoms with Crippen molar-refractivity contribution in [3.8, 4) is 0 Å². The summed E-state index contributed by atoms with van der Waals surface area (Å²) in [5.41, 5.74) is 2.16. The fourth-order valence-corrected chi connectivity index (χ4v) is 1.83. The minimum Gasteiger partial charge on any atom is -0.293 e. The van der Waals surface area contributed by atoms with Crippen molar-refractivity contribution < 1.29 is 4.79 Å². The molecule has 0 bridgehead atoms. The molecule has 0 saturated carbocycles. The highest BCUT2D eigenvalue weighted by atomic mass is 127. The molecule has 0 fully saturated rings. The molecule has 1 nitrogen and oxygen atoms in total. The van der Waals surface area contributed by atoms with Gasteiger partial charge in [-0.3, -0.25) is 4.79 Å². The molecule has 0 aliphatic heterocycles. The van der Waals surface area contributed by atoms with E-state index in [1.807, 2.05) is 12.1 Å². The van der Waals surface area contributed by atoms with Crippen molar-refractivity contribution in [2.75, 3.05) is 4.43 Å². The van der Waals surface area contributed by atoms with Crippen LogP contribution in [0.1, 0.15) is 36.2 Å². The average Bonchev–Trinajstić information content (AvgIpc) is 2.26. The summed E-state index contributed by atoms with van der Waals surface area (Å²) in [6, 6.07) is 8.02. The Balaban J connectivity index is 2.60. The molecule has 0 radical (unpaired) electrons. The summed E-state index contributed by atoms with van der Waals surface area (Å²) in [7, 11) is 0. The van der Waals surface area contributed by atoms with Gasteiger partial charge in [0.1, 0.15) is 0 Å². The summed E-state index contributed by atoms with van der Waals surface area (Å²) < 4.78 is 0.559. The third kappa shape index (κ3) is 4.33. The summed E-state index contributed by atoms with van der Waals surface area (Å²) in [6.07, 6.45) is 2.32. The Morgan fingerprint density at radius 2 is 1.87 bits per heavy atom. The van der Waals surface area contributed by atoms with Crippen LogP contribution in [0.5, 0.6) is 0 Å². The summed E-state index contributed by atoms with van der Waals surface area (Å²) >= 11 is 2.10. The molecule has 1 rings (SSSR count). The number of halogens is 1. The van der Waals surface area contributed by atoms with E-state index < -0.39 is 0 Å². The predicted molar refractivity (Wildman–Crippen MR) is 72.8 cm³/mol. The van der Waals surface area contributed by atoms with Gasteiger partial charge in [0.2, 0.25) is 0 Å². The zero-order valence-electron chi connectivity index (χ0n) is 9.29. The molecular weight excluding hydrogens is 299 g/mol. The predicted octanol–water partition coefficient (Wildman–Crippen LogP) is 3.89. The van der Waals surface area contributed by atoms with Crippen LogP contribution >= 0.6 is 22.6 Å². The van der Waals surface area contributed by atoms with Gasteiger partial charge in [-0.1, -0.05) is 60.7 Å². The zero-order valence-corrected chi connectivity index (χ0v) is 11.5. The molecule has 0 atom stereocenters. The molecule has 1 aromatic carbocycles. The Hall–Kier alpha value is -0.380. The van der Waals surface area contributed by atoms with Gasteiger partial charge in [-0.2, -0.15) is 0 Å². The Morgan fingerprint density at radius 1 is 1.27 bits per heavy atom. The van der Waals surface area contributed by atoms with Gasteiger partial charge < -0.3 is 0 Å². The van der Waals surface area contributed by atoms with Gasteiger partial charge in [0.25, 0.3) is 0 Å². The molecule has 0 aromatic heterocycles. The number of aryl methyl sites for hydroxylation is 1. The number of carbonyl (C=O) groups is 1. The van der Waals surface area contributed by atoms with E-state index in [-0.39, 0.29) is 5.78 Å². The van der Waals surface area contributed by atoms with Gasteiger partial charge >= 0.3 is 0 Å². The number of Topliss-reactive ketones (excluding diaryl/α,β-unsaturated/α-hetero) is 1. The summed E-state index contributed by atoms with van der Waals surface area (Å²) in [5.74, 6) is 0.951. The quantitative estimate of drug-likeness (QED) is 0.457. The number of ketones is 1. The van der Waals surface area contributed by atoms with Crippen LogP contribution in [0.4, 0.5) is 0 Å². The van der Waals surface area contributed by atoms with Crippen LogP contribution in [0.25, 0.3) is 0 Å². The van der Waals surface area contributed by atoms with E-state index in [0.717, 1.165) is 17.9 Å². The Kier molecular flexibility index (Phi) is 5.29. The molecule has 82 valence electrons. The number of hydrogen-bond donors (Lipinski definition) is 0. The Bertz CT molecular complexity index is 314. The van der Waals surface area contributed by atoms with Crippen molar-refractivity contribution in [2.24, 2.45) is 5.92 Å². The maximum Gasteiger partial charge on any atom is 0.172 e. The highest BCUT2D eigenvalue weighted by Gasteiger charge is 2.03. The SMILES string of the molecule is CC(C)CCc1ccc(C(=O)CI)cc1. The second-order valence-electron chi connectivity index (χ2n) is 4.19.